The smallest absolute Gasteiger partial charge is 0.335 e. The summed E-state index contributed by atoms with van der Waals surface area (Å²) in [4.78, 5) is 11.4. The highest BCUT2D eigenvalue weighted by Gasteiger charge is 2.13. The van der Waals surface area contributed by atoms with Crippen molar-refractivity contribution in [2.75, 3.05) is 0 Å². The maximum absolute atomic E-state index is 11.4. The fraction of sp³-hybridized carbons (Fsp3) is 0.409. The van der Waals surface area contributed by atoms with Crippen molar-refractivity contribution in [1.82, 2.24) is 0 Å². The van der Waals surface area contributed by atoms with Crippen LogP contribution in [-0.2, 0) is 12.8 Å². The summed E-state index contributed by atoms with van der Waals surface area (Å²) >= 11 is 0. The summed E-state index contributed by atoms with van der Waals surface area (Å²) in [5.41, 5.74) is 4.35. The second-order valence-electron chi connectivity index (χ2n) is 7.12. The second kappa shape index (κ2) is 9.97. The van der Waals surface area contributed by atoms with Gasteiger partial charge in [-0.05, 0) is 82.7 Å². The molecule has 1 aromatic carbocycles. The number of benzene rings is 1. The molecule has 26 heavy (non-hydrogen) atoms. The van der Waals surface area contributed by atoms with Crippen molar-refractivity contribution in [3.05, 3.63) is 63.8 Å². The Bertz CT molecular complexity index is 731. The lowest BCUT2D eigenvalue weighted by molar-refractivity contribution is 0.0696. The van der Waals surface area contributed by atoms with Crippen molar-refractivity contribution in [1.29, 1.82) is 0 Å². The molecule has 0 aliphatic carbocycles. The van der Waals surface area contributed by atoms with Crippen molar-refractivity contribution in [2.45, 2.75) is 60.0 Å². The highest BCUT2D eigenvalue weighted by molar-refractivity contribution is 5.88. The number of carboxylic acid groups (broad SMARTS) is 1. The number of allylic oxidation sites excluding steroid dienone is 4. The van der Waals surface area contributed by atoms with Crippen LogP contribution in [0.4, 0.5) is 0 Å². The quantitative estimate of drug-likeness (QED) is 0.583. The molecule has 0 saturated heterocycles. The second-order valence-corrected chi connectivity index (χ2v) is 7.12. The summed E-state index contributed by atoms with van der Waals surface area (Å²) in [6.07, 6.45) is 6.57. The molecule has 0 saturated carbocycles. The molecule has 0 aliphatic rings. The molecule has 0 aromatic heterocycles. The number of carboxylic acids is 1. The topological polar surface area (TPSA) is 77.8 Å². The van der Waals surface area contributed by atoms with E-state index in [-0.39, 0.29) is 11.3 Å². The van der Waals surface area contributed by atoms with E-state index in [9.17, 15) is 20.1 Å². The predicted molar refractivity (Wildman–Crippen MR) is 106 cm³/mol. The minimum Gasteiger partial charge on any atom is -0.507 e. The van der Waals surface area contributed by atoms with Crippen LogP contribution >= 0.6 is 0 Å². The Morgan fingerprint density at radius 3 is 1.92 bits per heavy atom. The molecule has 0 unspecified atom stereocenters. The normalized spacial score (nSPS) is 12.5. The summed E-state index contributed by atoms with van der Waals surface area (Å²) in [5, 5.41) is 30.0. The molecule has 0 spiro atoms. The Morgan fingerprint density at radius 2 is 1.46 bits per heavy atom. The zero-order valence-electron chi connectivity index (χ0n) is 16.3. The number of hydrogen-bond donors (Lipinski definition) is 3. The molecule has 0 fully saturated rings. The summed E-state index contributed by atoms with van der Waals surface area (Å²) in [6.45, 7) is 9.72. The van der Waals surface area contributed by atoms with E-state index in [0.29, 0.717) is 30.4 Å². The van der Waals surface area contributed by atoms with E-state index in [1.54, 1.807) is 0 Å². The lowest BCUT2D eigenvalue weighted by Crippen LogP contribution is -2.07. The molecule has 0 bridgehead atoms. The van der Waals surface area contributed by atoms with Crippen LogP contribution in [-0.4, -0.2) is 27.4 Å². The van der Waals surface area contributed by atoms with Gasteiger partial charge in [-0.3, -0.25) is 0 Å². The van der Waals surface area contributed by atoms with Crippen LogP contribution in [0.1, 0.15) is 62.5 Å². The fourth-order valence-corrected chi connectivity index (χ4v) is 2.45. The first-order valence-electron chi connectivity index (χ1n) is 8.81. The first-order chi connectivity index (χ1) is 12.1. The van der Waals surface area contributed by atoms with Crippen LogP contribution in [0.25, 0.3) is 0 Å². The number of phenolic OH excluding ortho intramolecular Hbond substituents is 1. The molecule has 142 valence electrons. The van der Waals surface area contributed by atoms with Crippen LogP contribution in [0.5, 0.6) is 5.75 Å². The summed E-state index contributed by atoms with van der Waals surface area (Å²) in [5.74, 6) is -0.899. The number of aromatic carboxylic acids is 1. The van der Waals surface area contributed by atoms with Crippen molar-refractivity contribution >= 4 is 5.97 Å². The van der Waals surface area contributed by atoms with E-state index in [1.807, 2.05) is 52.8 Å². The van der Waals surface area contributed by atoms with Gasteiger partial charge >= 0.3 is 5.97 Å². The van der Waals surface area contributed by atoms with Crippen molar-refractivity contribution in [3.63, 3.8) is 0 Å². The Kier molecular flexibility index (Phi) is 8.33. The molecule has 4 heteroatoms. The largest absolute Gasteiger partial charge is 0.507 e. The minimum absolute atomic E-state index is 0.121. The zero-order chi connectivity index (χ0) is 19.9. The number of rotatable bonds is 8. The molecule has 1 atom stereocenters. The number of aromatic hydroxyl groups is 1. The lowest BCUT2D eigenvalue weighted by Gasteiger charge is -2.12. The average molecular weight is 358 g/mol. The SMILES string of the molecule is CC(C)=CCc1cc(C(=O)O)cc(CC=C(C)[C@H](O)CC=C(C)C)c1O. The third kappa shape index (κ3) is 6.89. The Morgan fingerprint density at radius 1 is 0.962 bits per heavy atom. The molecule has 0 heterocycles. The van der Waals surface area contributed by atoms with E-state index >= 15 is 0 Å². The standard InChI is InChI=1S/C22H30O4/c1-14(2)6-9-17-12-19(22(25)26)13-18(21(17)24)10-8-16(5)20(23)11-7-15(3)4/h6-8,12-13,20,23-24H,9-11H2,1-5H3,(H,25,26)/t20-/m1/s1. The van der Waals surface area contributed by atoms with Crippen LogP contribution in [0, 0.1) is 0 Å². The van der Waals surface area contributed by atoms with Crippen LogP contribution in [0.15, 0.2) is 47.1 Å². The van der Waals surface area contributed by atoms with Crippen molar-refractivity contribution < 1.29 is 20.1 Å². The molecular weight excluding hydrogens is 328 g/mol. The van der Waals surface area contributed by atoms with Gasteiger partial charge in [-0.2, -0.15) is 0 Å². The monoisotopic (exact) mass is 358 g/mol. The van der Waals surface area contributed by atoms with E-state index < -0.39 is 12.1 Å². The molecule has 3 N–H and O–H groups in total. The van der Waals surface area contributed by atoms with Crippen LogP contribution in [0.3, 0.4) is 0 Å². The number of aliphatic hydroxyl groups is 1. The average Bonchev–Trinajstić information content (AvgIpc) is 2.56. The van der Waals surface area contributed by atoms with E-state index in [0.717, 1.165) is 16.7 Å². The maximum atomic E-state index is 11.4. The third-order valence-electron chi connectivity index (χ3n) is 4.16. The summed E-state index contributed by atoms with van der Waals surface area (Å²) in [6, 6.07) is 3.01. The van der Waals surface area contributed by atoms with Gasteiger partial charge in [-0.15, -0.1) is 0 Å². The number of phenols is 1. The molecule has 0 aliphatic heterocycles. The van der Waals surface area contributed by atoms with Crippen molar-refractivity contribution in [2.24, 2.45) is 0 Å². The van der Waals surface area contributed by atoms with Gasteiger partial charge in [0.25, 0.3) is 0 Å². The van der Waals surface area contributed by atoms with Crippen LogP contribution in [0.2, 0.25) is 0 Å². The first kappa shape index (κ1) is 21.7. The van der Waals surface area contributed by atoms with Gasteiger partial charge in [0.2, 0.25) is 0 Å². The minimum atomic E-state index is -1.02. The van der Waals surface area contributed by atoms with Crippen molar-refractivity contribution in [3.8, 4) is 5.75 Å². The summed E-state index contributed by atoms with van der Waals surface area (Å²) < 4.78 is 0. The van der Waals surface area contributed by atoms with Gasteiger partial charge < -0.3 is 15.3 Å². The van der Waals surface area contributed by atoms with E-state index in [4.69, 9.17) is 0 Å². The number of carbonyl (C=O) groups is 1. The first-order valence-corrected chi connectivity index (χ1v) is 8.81. The van der Waals surface area contributed by atoms with Gasteiger partial charge in [0, 0.05) is 0 Å². The maximum Gasteiger partial charge on any atom is 0.335 e. The van der Waals surface area contributed by atoms with Gasteiger partial charge in [-0.1, -0.05) is 29.4 Å². The highest BCUT2D eigenvalue weighted by atomic mass is 16.4. The van der Waals surface area contributed by atoms with E-state index in [1.165, 1.54) is 12.1 Å². The highest BCUT2D eigenvalue weighted by Crippen LogP contribution is 2.27. The lowest BCUT2D eigenvalue weighted by atomic mass is 9.97. The predicted octanol–water partition coefficient (Wildman–Crippen LogP) is 4.81. The molecule has 0 amide bonds. The van der Waals surface area contributed by atoms with Gasteiger partial charge in [0.15, 0.2) is 0 Å². The zero-order valence-corrected chi connectivity index (χ0v) is 16.3. The van der Waals surface area contributed by atoms with E-state index in [2.05, 4.69) is 0 Å². The summed E-state index contributed by atoms with van der Waals surface area (Å²) in [7, 11) is 0. The Hall–Kier alpha value is -2.33. The Labute approximate surface area is 156 Å². The van der Waals surface area contributed by atoms with Gasteiger partial charge in [0.1, 0.15) is 5.75 Å². The van der Waals surface area contributed by atoms with Crippen LogP contribution < -0.4 is 0 Å². The number of aliphatic hydroxyl groups excluding tert-OH is 1. The number of hydrogen-bond acceptors (Lipinski definition) is 3. The molecule has 1 rings (SSSR count). The molecular formula is C22H30O4. The molecule has 4 nitrogen and oxygen atoms in total. The fourth-order valence-electron chi connectivity index (χ4n) is 2.45. The third-order valence-corrected chi connectivity index (χ3v) is 4.16. The molecule has 0 radical (unpaired) electrons. The Balaban J connectivity index is 3.10. The molecule has 1 aromatic rings. The van der Waals surface area contributed by atoms with Gasteiger partial charge in [-0.25, -0.2) is 4.79 Å². The van der Waals surface area contributed by atoms with Gasteiger partial charge in [0.05, 0.1) is 11.7 Å².